The number of pyridine rings is 1. The zero-order chi connectivity index (χ0) is 20.9. The molecule has 0 saturated carbocycles. The molecule has 0 atom stereocenters. The Morgan fingerprint density at radius 3 is 2.64 bits per heavy atom. The van der Waals surface area contributed by atoms with Crippen molar-refractivity contribution < 1.29 is 27.5 Å². The van der Waals surface area contributed by atoms with Crippen molar-refractivity contribution in [1.82, 2.24) is 15.3 Å². The molecule has 2 N–H and O–H groups in total. The van der Waals surface area contributed by atoms with Crippen LogP contribution >= 0.6 is 0 Å². The quantitative estimate of drug-likeness (QED) is 0.665. The normalized spacial score (nSPS) is 11.4. The molecule has 0 saturated heterocycles. The predicted octanol–water partition coefficient (Wildman–Crippen LogP) is 3.74. The number of hydrogen-bond donors (Lipinski definition) is 2. The monoisotopic (exact) mass is 397 g/mol. The Labute approximate surface area is 160 Å². The Morgan fingerprint density at radius 2 is 2.04 bits per heavy atom. The van der Waals surface area contributed by atoms with Crippen LogP contribution in [0.4, 0.5) is 13.2 Å². The summed E-state index contributed by atoms with van der Waals surface area (Å²) < 4.78 is 41.8. The van der Waals surface area contributed by atoms with Gasteiger partial charge in [-0.15, -0.1) is 0 Å². The van der Waals surface area contributed by atoms with E-state index in [9.17, 15) is 22.8 Å². The minimum absolute atomic E-state index is 0.0705. The van der Waals surface area contributed by atoms with Crippen molar-refractivity contribution in [3.05, 3.63) is 46.4 Å². The highest BCUT2D eigenvalue weighted by Gasteiger charge is 2.29. The van der Waals surface area contributed by atoms with Gasteiger partial charge in [0.25, 0.3) is 5.91 Å². The van der Waals surface area contributed by atoms with Gasteiger partial charge < -0.3 is 15.0 Å². The number of halogens is 3. The number of aromatic nitrogens is 2. The average molecular weight is 397 g/mol. The summed E-state index contributed by atoms with van der Waals surface area (Å²) in [7, 11) is 0. The fourth-order valence-corrected chi connectivity index (χ4v) is 2.95. The highest BCUT2D eigenvalue weighted by Crippen LogP contribution is 2.23. The van der Waals surface area contributed by atoms with E-state index in [1.807, 2.05) is 6.92 Å². The lowest BCUT2D eigenvalue weighted by atomic mass is 10.0. The maximum Gasteiger partial charge on any atom is 0.422 e. The van der Waals surface area contributed by atoms with Crippen LogP contribution in [0, 0.1) is 6.92 Å². The number of rotatable bonds is 8. The molecule has 0 aliphatic rings. The second-order valence-corrected chi connectivity index (χ2v) is 6.34. The molecule has 0 bridgehead atoms. The molecule has 0 aliphatic heterocycles. The lowest BCUT2D eigenvalue weighted by molar-refractivity contribution is -0.154. The summed E-state index contributed by atoms with van der Waals surface area (Å²) in [6, 6.07) is 3.06. The van der Waals surface area contributed by atoms with Gasteiger partial charge in [-0.2, -0.15) is 13.2 Å². The number of aryl methyl sites for hydroxylation is 1. The summed E-state index contributed by atoms with van der Waals surface area (Å²) in [6.45, 7) is 3.56. The number of aromatic amines is 1. The van der Waals surface area contributed by atoms with Gasteiger partial charge in [-0.1, -0.05) is 19.4 Å². The molecule has 28 heavy (non-hydrogen) atoms. The molecule has 152 valence electrons. The third-order valence-corrected chi connectivity index (χ3v) is 4.03. The molecular formula is C19H22F3N3O3. The first-order valence-electron chi connectivity index (χ1n) is 8.78. The summed E-state index contributed by atoms with van der Waals surface area (Å²) in [5.41, 5.74) is 2.35. The van der Waals surface area contributed by atoms with E-state index in [4.69, 9.17) is 4.74 Å². The molecule has 6 nitrogen and oxygen atoms in total. The van der Waals surface area contributed by atoms with E-state index >= 15 is 0 Å². The van der Waals surface area contributed by atoms with Crippen LogP contribution in [0.25, 0.3) is 0 Å². The van der Waals surface area contributed by atoms with Crippen LogP contribution in [0.2, 0.25) is 0 Å². The van der Waals surface area contributed by atoms with Gasteiger partial charge in [0, 0.05) is 29.6 Å². The Hall–Kier alpha value is -2.84. The standard InChI is InChI=1S/C19H22F3N3O3/c1-4-6-14-15(12(3)26)11(2)25-16(14)17(27)24-9-13-7-5-8-23-18(13)28-10-19(20,21)22/h5,7-8,25H,4,6,9-10H2,1-3H3,(H,24,27). The van der Waals surface area contributed by atoms with Crippen LogP contribution in [0.3, 0.4) is 0 Å². The number of carbonyl (C=O) groups excluding carboxylic acids is 2. The largest absolute Gasteiger partial charge is 0.468 e. The van der Waals surface area contributed by atoms with Gasteiger partial charge in [-0.05, 0) is 31.9 Å². The van der Waals surface area contributed by atoms with Gasteiger partial charge in [0.05, 0.1) is 0 Å². The van der Waals surface area contributed by atoms with Crippen molar-refractivity contribution in [2.45, 2.75) is 46.3 Å². The molecule has 1 amide bonds. The number of H-pyrrole nitrogens is 1. The molecule has 2 aromatic rings. The highest BCUT2D eigenvalue weighted by molar-refractivity contribution is 6.02. The van der Waals surface area contributed by atoms with Crippen LogP contribution in [0.15, 0.2) is 18.3 Å². The Bertz CT molecular complexity index is 860. The summed E-state index contributed by atoms with van der Waals surface area (Å²) in [6.07, 6.45) is -1.88. The molecule has 2 heterocycles. The number of alkyl halides is 3. The number of Topliss-reactive ketones (excluding diaryl/α,β-unsaturated/α-hetero) is 1. The average Bonchev–Trinajstić information content (AvgIpc) is 2.94. The molecule has 0 radical (unpaired) electrons. The van der Waals surface area contributed by atoms with Crippen molar-refractivity contribution in [2.75, 3.05) is 6.61 Å². The predicted molar refractivity (Wildman–Crippen MR) is 96.5 cm³/mol. The van der Waals surface area contributed by atoms with Gasteiger partial charge in [0.2, 0.25) is 5.88 Å². The van der Waals surface area contributed by atoms with Crippen molar-refractivity contribution in [2.24, 2.45) is 0 Å². The fourth-order valence-electron chi connectivity index (χ4n) is 2.95. The summed E-state index contributed by atoms with van der Waals surface area (Å²) in [5, 5.41) is 2.65. The third-order valence-electron chi connectivity index (χ3n) is 4.03. The summed E-state index contributed by atoms with van der Waals surface area (Å²) >= 11 is 0. The number of carbonyl (C=O) groups is 2. The zero-order valence-corrected chi connectivity index (χ0v) is 15.9. The van der Waals surface area contributed by atoms with E-state index in [0.717, 1.165) is 6.42 Å². The molecule has 0 aliphatic carbocycles. The van der Waals surface area contributed by atoms with E-state index < -0.39 is 18.7 Å². The van der Waals surface area contributed by atoms with Crippen LogP contribution in [0.5, 0.6) is 5.88 Å². The summed E-state index contributed by atoms with van der Waals surface area (Å²) in [5.74, 6) is -0.781. The Kier molecular flexibility index (Phi) is 6.82. The van der Waals surface area contributed by atoms with Crippen LogP contribution in [0.1, 0.15) is 57.9 Å². The van der Waals surface area contributed by atoms with E-state index in [2.05, 4.69) is 15.3 Å². The van der Waals surface area contributed by atoms with Gasteiger partial charge >= 0.3 is 6.18 Å². The number of nitrogens with zero attached hydrogens (tertiary/aromatic N) is 1. The maximum atomic E-state index is 12.6. The first-order valence-corrected chi connectivity index (χ1v) is 8.78. The van der Waals surface area contributed by atoms with Crippen LogP contribution < -0.4 is 10.1 Å². The van der Waals surface area contributed by atoms with Gasteiger partial charge in [-0.3, -0.25) is 9.59 Å². The third kappa shape index (κ3) is 5.34. The number of ketones is 1. The smallest absolute Gasteiger partial charge is 0.422 e. The lowest BCUT2D eigenvalue weighted by Gasteiger charge is -2.12. The van der Waals surface area contributed by atoms with E-state index in [1.54, 1.807) is 6.92 Å². The second kappa shape index (κ2) is 8.90. The van der Waals surface area contributed by atoms with Crippen molar-refractivity contribution in [1.29, 1.82) is 0 Å². The topological polar surface area (TPSA) is 84.1 Å². The van der Waals surface area contributed by atoms with E-state index in [1.165, 1.54) is 25.3 Å². The maximum absolute atomic E-state index is 12.6. The lowest BCUT2D eigenvalue weighted by Crippen LogP contribution is -2.25. The van der Waals surface area contributed by atoms with Crippen LogP contribution in [-0.4, -0.2) is 34.4 Å². The van der Waals surface area contributed by atoms with Crippen molar-refractivity contribution >= 4 is 11.7 Å². The SMILES string of the molecule is CCCc1c(C(=O)NCc2cccnc2OCC(F)(F)F)[nH]c(C)c1C(C)=O. The number of amides is 1. The molecule has 9 heteroatoms. The molecule has 0 spiro atoms. The first kappa shape index (κ1) is 21.5. The summed E-state index contributed by atoms with van der Waals surface area (Å²) in [4.78, 5) is 31.3. The molecule has 0 unspecified atom stereocenters. The molecular weight excluding hydrogens is 375 g/mol. The van der Waals surface area contributed by atoms with E-state index in [-0.39, 0.29) is 23.9 Å². The molecule has 0 aromatic carbocycles. The van der Waals surface area contributed by atoms with Crippen LogP contribution in [-0.2, 0) is 13.0 Å². The second-order valence-electron chi connectivity index (χ2n) is 6.34. The Morgan fingerprint density at radius 1 is 1.32 bits per heavy atom. The molecule has 0 fully saturated rings. The van der Waals surface area contributed by atoms with E-state index in [0.29, 0.717) is 28.8 Å². The van der Waals surface area contributed by atoms with Gasteiger partial charge in [0.1, 0.15) is 5.69 Å². The first-order chi connectivity index (χ1) is 13.1. The van der Waals surface area contributed by atoms with Crippen molar-refractivity contribution in [3.63, 3.8) is 0 Å². The Balaban J connectivity index is 2.17. The zero-order valence-electron chi connectivity index (χ0n) is 15.9. The minimum Gasteiger partial charge on any atom is -0.468 e. The fraction of sp³-hybridized carbons (Fsp3) is 0.421. The highest BCUT2D eigenvalue weighted by atomic mass is 19.4. The molecule has 2 rings (SSSR count). The number of nitrogens with one attached hydrogen (secondary N) is 2. The van der Waals surface area contributed by atoms with Crippen molar-refractivity contribution in [3.8, 4) is 5.88 Å². The number of ether oxygens (including phenoxy) is 1. The molecule has 2 aromatic heterocycles. The minimum atomic E-state index is -4.49. The van der Waals surface area contributed by atoms with Gasteiger partial charge in [-0.25, -0.2) is 4.98 Å². The number of hydrogen-bond acceptors (Lipinski definition) is 4. The van der Waals surface area contributed by atoms with Gasteiger partial charge in [0.15, 0.2) is 12.4 Å².